The van der Waals surface area contributed by atoms with Crippen molar-refractivity contribution in [1.82, 2.24) is 5.32 Å². The number of nitrogens with zero attached hydrogens (tertiary/aromatic N) is 1. The molecule has 0 bridgehead atoms. The Labute approximate surface area is 121 Å². The molecule has 0 aliphatic rings. The number of hydrogen-bond acceptors (Lipinski definition) is 4. The predicted octanol–water partition coefficient (Wildman–Crippen LogP) is 3.76. The summed E-state index contributed by atoms with van der Waals surface area (Å²) < 4.78 is 5.73. The van der Waals surface area contributed by atoms with Crippen molar-refractivity contribution in [3.63, 3.8) is 0 Å². The topological polar surface area (TPSA) is 64.4 Å². The summed E-state index contributed by atoms with van der Waals surface area (Å²) in [6, 6.07) is 11.4. The summed E-state index contributed by atoms with van der Waals surface area (Å²) in [6.07, 6.45) is 0. The van der Waals surface area contributed by atoms with Crippen LogP contribution in [0.25, 0.3) is 0 Å². The zero-order valence-electron chi connectivity index (χ0n) is 10.8. The van der Waals surface area contributed by atoms with Gasteiger partial charge in [0.2, 0.25) is 0 Å². The second-order valence-corrected chi connectivity index (χ2v) is 4.52. The molecular formula is C14H13ClN2O3. The molecule has 1 N–H and O–H groups in total. The smallest absolute Gasteiger partial charge is 0.269 e. The minimum atomic E-state index is -0.453. The van der Waals surface area contributed by atoms with Crippen LogP contribution >= 0.6 is 11.6 Å². The van der Waals surface area contributed by atoms with Crippen LogP contribution < -0.4 is 10.1 Å². The number of halogens is 1. The van der Waals surface area contributed by atoms with Gasteiger partial charge in [0.05, 0.1) is 9.95 Å². The first-order valence-corrected chi connectivity index (χ1v) is 6.34. The molecule has 5 nitrogen and oxygen atoms in total. The number of para-hydroxylation sites is 1. The van der Waals surface area contributed by atoms with Crippen LogP contribution in [-0.4, -0.2) is 12.0 Å². The van der Waals surface area contributed by atoms with Crippen LogP contribution in [0.1, 0.15) is 5.56 Å². The molecule has 2 aromatic rings. The lowest BCUT2D eigenvalue weighted by molar-refractivity contribution is -0.384. The third-order valence-corrected chi connectivity index (χ3v) is 2.98. The Morgan fingerprint density at radius 2 is 1.95 bits per heavy atom. The summed E-state index contributed by atoms with van der Waals surface area (Å²) in [5, 5.41) is 14.1. The van der Waals surface area contributed by atoms with Gasteiger partial charge in [-0.15, -0.1) is 0 Å². The minimum absolute atomic E-state index is 0.0203. The van der Waals surface area contributed by atoms with Gasteiger partial charge in [-0.25, -0.2) is 0 Å². The highest BCUT2D eigenvalue weighted by Gasteiger charge is 2.10. The Hall–Kier alpha value is -2.11. The molecule has 104 valence electrons. The molecule has 0 amide bonds. The zero-order valence-corrected chi connectivity index (χ0v) is 11.6. The molecule has 0 atom stereocenters. The average Bonchev–Trinajstić information content (AvgIpc) is 2.43. The van der Waals surface area contributed by atoms with Crippen molar-refractivity contribution in [2.45, 2.75) is 6.54 Å². The first-order chi connectivity index (χ1) is 9.61. The first-order valence-electron chi connectivity index (χ1n) is 5.96. The molecule has 0 heterocycles. The van der Waals surface area contributed by atoms with Gasteiger partial charge in [0.25, 0.3) is 5.69 Å². The van der Waals surface area contributed by atoms with Crippen LogP contribution in [0.3, 0.4) is 0 Å². The molecule has 0 fully saturated rings. The summed E-state index contributed by atoms with van der Waals surface area (Å²) in [5.74, 6) is 1.05. The number of ether oxygens (including phenoxy) is 1. The third kappa shape index (κ3) is 3.26. The average molecular weight is 293 g/mol. The van der Waals surface area contributed by atoms with Gasteiger partial charge in [0, 0.05) is 24.2 Å². The van der Waals surface area contributed by atoms with E-state index in [9.17, 15) is 10.1 Å². The van der Waals surface area contributed by atoms with Gasteiger partial charge in [-0.1, -0.05) is 23.7 Å². The van der Waals surface area contributed by atoms with Gasteiger partial charge in [0.15, 0.2) is 0 Å². The van der Waals surface area contributed by atoms with E-state index in [1.165, 1.54) is 12.1 Å². The molecule has 0 radical (unpaired) electrons. The van der Waals surface area contributed by atoms with E-state index < -0.39 is 4.92 Å². The molecule has 2 aromatic carbocycles. The van der Waals surface area contributed by atoms with Crippen molar-refractivity contribution >= 4 is 17.3 Å². The van der Waals surface area contributed by atoms with Gasteiger partial charge in [-0.05, 0) is 25.2 Å². The van der Waals surface area contributed by atoms with E-state index >= 15 is 0 Å². The fourth-order valence-corrected chi connectivity index (χ4v) is 1.98. The highest BCUT2D eigenvalue weighted by Crippen LogP contribution is 2.33. The van der Waals surface area contributed by atoms with E-state index in [2.05, 4.69) is 5.32 Å². The van der Waals surface area contributed by atoms with E-state index in [4.69, 9.17) is 16.3 Å². The fourth-order valence-electron chi connectivity index (χ4n) is 1.75. The standard InChI is InChI=1S/C14H13ClN2O3/c1-16-9-10-3-2-4-13(15)14(10)20-12-7-5-11(6-8-12)17(18)19/h2-8,16H,9H2,1H3. The molecular weight excluding hydrogens is 280 g/mol. The summed E-state index contributed by atoms with van der Waals surface area (Å²) in [4.78, 5) is 10.1. The lowest BCUT2D eigenvalue weighted by Crippen LogP contribution is -2.06. The number of rotatable bonds is 5. The molecule has 6 heteroatoms. The maximum Gasteiger partial charge on any atom is 0.269 e. The highest BCUT2D eigenvalue weighted by atomic mass is 35.5. The maximum absolute atomic E-state index is 10.6. The van der Waals surface area contributed by atoms with Crippen LogP contribution in [0.15, 0.2) is 42.5 Å². The summed E-state index contributed by atoms with van der Waals surface area (Å²) in [7, 11) is 1.83. The highest BCUT2D eigenvalue weighted by molar-refractivity contribution is 6.32. The Morgan fingerprint density at radius 1 is 1.25 bits per heavy atom. The Bertz CT molecular complexity index is 614. The lowest BCUT2D eigenvalue weighted by Gasteiger charge is -2.12. The van der Waals surface area contributed by atoms with Crippen molar-refractivity contribution in [2.75, 3.05) is 7.05 Å². The molecule has 0 saturated heterocycles. The van der Waals surface area contributed by atoms with Gasteiger partial charge in [-0.3, -0.25) is 10.1 Å². The van der Waals surface area contributed by atoms with Crippen molar-refractivity contribution in [3.8, 4) is 11.5 Å². The molecule has 2 rings (SSSR count). The fraction of sp³-hybridized carbons (Fsp3) is 0.143. The molecule has 20 heavy (non-hydrogen) atoms. The quantitative estimate of drug-likeness (QED) is 0.673. The van der Waals surface area contributed by atoms with Crippen LogP contribution in [0.2, 0.25) is 5.02 Å². The van der Waals surface area contributed by atoms with Crippen molar-refractivity contribution in [2.24, 2.45) is 0 Å². The van der Waals surface area contributed by atoms with Crippen LogP contribution in [0, 0.1) is 10.1 Å². The Morgan fingerprint density at radius 3 is 2.55 bits per heavy atom. The number of nitro groups is 1. The largest absolute Gasteiger partial charge is 0.455 e. The van der Waals surface area contributed by atoms with E-state index in [1.807, 2.05) is 19.2 Å². The summed E-state index contributed by atoms with van der Waals surface area (Å²) in [6.45, 7) is 0.614. The van der Waals surface area contributed by atoms with Crippen LogP contribution in [0.5, 0.6) is 11.5 Å². The Balaban J connectivity index is 2.27. The van der Waals surface area contributed by atoms with Gasteiger partial charge in [0.1, 0.15) is 11.5 Å². The van der Waals surface area contributed by atoms with Gasteiger partial charge in [-0.2, -0.15) is 0 Å². The first kappa shape index (κ1) is 14.3. The third-order valence-electron chi connectivity index (χ3n) is 2.68. The SMILES string of the molecule is CNCc1cccc(Cl)c1Oc1ccc([N+](=O)[O-])cc1. The monoisotopic (exact) mass is 292 g/mol. The van der Waals surface area contributed by atoms with Crippen LogP contribution in [0.4, 0.5) is 5.69 Å². The van der Waals surface area contributed by atoms with E-state index in [-0.39, 0.29) is 5.69 Å². The number of benzene rings is 2. The van der Waals surface area contributed by atoms with E-state index in [1.54, 1.807) is 18.2 Å². The van der Waals surface area contributed by atoms with Crippen molar-refractivity contribution in [3.05, 3.63) is 63.2 Å². The van der Waals surface area contributed by atoms with Crippen molar-refractivity contribution < 1.29 is 9.66 Å². The van der Waals surface area contributed by atoms with Gasteiger partial charge >= 0.3 is 0 Å². The summed E-state index contributed by atoms with van der Waals surface area (Å²) >= 11 is 6.14. The second-order valence-electron chi connectivity index (χ2n) is 4.11. The van der Waals surface area contributed by atoms with E-state index in [0.29, 0.717) is 23.1 Å². The lowest BCUT2D eigenvalue weighted by atomic mass is 10.2. The normalized spacial score (nSPS) is 10.3. The summed E-state index contributed by atoms with van der Waals surface area (Å²) in [5.41, 5.74) is 0.935. The maximum atomic E-state index is 10.6. The molecule has 0 unspecified atom stereocenters. The molecule has 0 aliphatic carbocycles. The number of non-ortho nitro benzene ring substituents is 1. The van der Waals surface area contributed by atoms with Gasteiger partial charge < -0.3 is 10.1 Å². The molecule has 0 aromatic heterocycles. The number of nitro benzene ring substituents is 1. The minimum Gasteiger partial charge on any atom is -0.455 e. The zero-order chi connectivity index (χ0) is 14.5. The predicted molar refractivity (Wildman–Crippen MR) is 77.4 cm³/mol. The number of nitrogens with one attached hydrogen (secondary N) is 1. The van der Waals surface area contributed by atoms with Crippen molar-refractivity contribution in [1.29, 1.82) is 0 Å². The molecule has 0 saturated carbocycles. The molecule has 0 spiro atoms. The Kier molecular flexibility index (Phi) is 4.55. The molecule has 0 aliphatic heterocycles. The number of hydrogen-bond donors (Lipinski definition) is 1. The van der Waals surface area contributed by atoms with Crippen LogP contribution in [-0.2, 0) is 6.54 Å². The van der Waals surface area contributed by atoms with E-state index in [0.717, 1.165) is 5.56 Å². The second kappa shape index (κ2) is 6.36.